The summed E-state index contributed by atoms with van der Waals surface area (Å²) in [5.74, 6) is -0.821. The summed E-state index contributed by atoms with van der Waals surface area (Å²) in [6.45, 7) is 4.74. The minimum absolute atomic E-state index is 0.0403. The SMILES string of the molecule is C[C@@H](Oc1ccc(Br)cc1F)C(=O)Nc1ccc(N2CCOCC2)cc1. The normalized spacial score (nSPS) is 15.4. The monoisotopic (exact) mass is 422 g/mol. The van der Waals surface area contributed by atoms with Gasteiger partial charge in [-0.2, -0.15) is 0 Å². The zero-order valence-electron chi connectivity index (χ0n) is 14.4. The number of morpholine rings is 1. The Kier molecular flexibility index (Phi) is 6.11. The lowest BCUT2D eigenvalue weighted by Gasteiger charge is -2.29. The third-order valence-corrected chi connectivity index (χ3v) is 4.57. The van der Waals surface area contributed by atoms with Gasteiger partial charge in [0.2, 0.25) is 0 Å². The van der Waals surface area contributed by atoms with Gasteiger partial charge in [0.25, 0.3) is 5.91 Å². The number of amides is 1. The minimum Gasteiger partial charge on any atom is -0.478 e. The van der Waals surface area contributed by atoms with Crippen molar-refractivity contribution in [1.82, 2.24) is 0 Å². The molecule has 138 valence electrons. The van der Waals surface area contributed by atoms with Crippen LogP contribution < -0.4 is 15.0 Å². The average Bonchev–Trinajstić information content (AvgIpc) is 2.65. The van der Waals surface area contributed by atoms with Crippen molar-refractivity contribution in [2.75, 3.05) is 36.5 Å². The van der Waals surface area contributed by atoms with Gasteiger partial charge in [-0.3, -0.25) is 4.79 Å². The third kappa shape index (κ3) is 4.74. The fourth-order valence-electron chi connectivity index (χ4n) is 2.64. The van der Waals surface area contributed by atoms with Crippen LogP contribution in [0.15, 0.2) is 46.9 Å². The molecule has 7 heteroatoms. The van der Waals surface area contributed by atoms with E-state index in [9.17, 15) is 9.18 Å². The van der Waals surface area contributed by atoms with E-state index in [1.54, 1.807) is 13.0 Å². The van der Waals surface area contributed by atoms with E-state index in [1.165, 1.54) is 12.1 Å². The first-order valence-corrected chi connectivity index (χ1v) is 9.17. The molecule has 1 N–H and O–H groups in total. The molecule has 0 saturated carbocycles. The van der Waals surface area contributed by atoms with Crippen molar-refractivity contribution >= 4 is 33.2 Å². The minimum atomic E-state index is -0.829. The third-order valence-electron chi connectivity index (χ3n) is 4.08. The van der Waals surface area contributed by atoms with Crippen LogP contribution >= 0.6 is 15.9 Å². The van der Waals surface area contributed by atoms with Crippen LogP contribution in [0.2, 0.25) is 0 Å². The lowest BCUT2D eigenvalue weighted by molar-refractivity contribution is -0.122. The van der Waals surface area contributed by atoms with Crippen LogP contribution in [0.4, 0.5) is 15.8 Å². The molecule has 26 heavy (non-hydrogen) atoms. The van der Waals surface area contributed by atoms with E-state index < -0.39 is 11.9 Å². The Hall–Kier alpha value is -2.12. The molecule has 0 radical (unpaired) electrons. The molecule has 0 aromatic heterocycles. The maximum atomic E-state index is 13.8. The largest absolute Gasteiger partial charge is 0.478 e. The Balaban J connectivity index is 1.58. The van der Waals surface area contributed by atoms with Crippen LogP contribution in [0.5, 0.6) is 5.75 Å². The molecule has 2 aromatic carbocycles. The first kappa shape index (κ1) is 18.7. The van der Waals surface area contributed by atoms with Gasteiger partial charge < -0.3 is 19.7 Å². The second-order valence-corrected chi connectivity index (χ2v) is 6.89. The second kappa shape index (κ2) is 8.51. The van der Waals surface area contributed by atoms with Crippen LogP contribution in [-0.4, -0.2) is 38.3 Å². The second-order valence-electron chi connectivity index (χ2n) is 5.97. The molecular formula is C19H20BrFN2O3. The average molecular weight is 423 g/mol. The standard InChI is InChI=1S/C19H20BrFN2O3/c1-13(26-18-7-2-14(20)12-17(18)21)19(24)22-15-3-5-16(6-4-15)23-8-10-25-11-9-23/h2-7,12-13H,8-11H2,1H3,(H,22,24)/t13-/m1/s1. The van der Waals surface area contributed by atoms with E-state index in [1.807, 2.05) is 24.3 Å². The smallest absolute Gasteiger partial charge is 0.265 e. The van der Waals surface area contributed by atoms with Crippen LogP contribution in [0.1, 0.15) is 6.92 Å². The fraction of sp³-hybridized carbons (Fsp3) is 0.316. The van der Waals surface area contributed by atoms with E-state index in [0.717, 1.165) is 32.0 Å². The highest BCUT2D eigenvalue weighted by molar-refractivity contribution is 9.10. The maximum absolute atomic E-state index is 13.8. The van der Waals surface area contributed by atoms with E-state index in [4.69, 9.17) is 9.47 Å². The summed E-state index contributed by atoms with van der Waals surface area (Å²) in [5.41, 5.74) is 1.76. The first-order valence-electron chi connectivity index (χ1n) is 8.38. The summed E-state index contributed by atoms with van der Waals surface area (Å²) in [7, 11) is 0. The first-order chi connectivity index (χ1) is 12.5. The molecule has 1 aliphatic rings. The molecule has 5 nitrogen and oxygen atoms in total. The van der Waals surface area contributed by atoms with Gasteiger partial charge in [0.15, 0.2) is 17.7 Å². The van der Waals surface area contributed by atoms with Gasteiger partial charge in [0.1, 0.15) is 0 Å². The van der Waals surface area contributed by atoms with E-state index in [0.29, 0.717) is 10.2 Å². The molecule has 1 amide bonds. The molecule has 0 spiro atoms. The summed E-state index contributed by atoms with van der Waals surface area (Å²) in [6.07, 6.45) is -0.829. The summed E-state index contributed by atoms with van der Waals surface area (Å²) in [5, 5.41) is 2.78. The van der Waals surface area contributed by atoms with Crippen molar-refractivity contribution in [3.63, 3.8) is 0 Å². The number of nitrogens with one attached hydrogen (secondary N) is 1. The Bertz CT molecular complexity index is 764. The van der Waals surface area contributed by atoms with Crippen LogP contribution in [0, 0.1) is 5.82 Å². The zero-order chi connectivity index (χ0) is 18.5. The molecule has 0 aliphatic carbocycles. The van der Waals surface area contributed by atoms with Crippen molar-refractivity contribution in [2.45, 2.75) is 13.0 Å². The Morgan fingerprint density at radius 3 is 2.58 bits per heavy atom. The molecule has 1 heterocycles. The number of ether oxygens (including phenoxy) is 2. The van der Waals surface area contributed by atoms with Crippen molar-refractivity contribution in [2.24, 2.45) is 0 Å². The molecule has 1 aliphatic heterocycles. The Morgan fingerprint density at radius 1 is 1.23 bits per heavy atom. The molecule has 0 bridgehead atoms. The van der Waals surface area contributed by atoms with Crippen LogP contribution in [0.3, 0.4) is 0 Å². The summed E-state index contributed by atoms with van der Waals surface area (Å²) in [6, 6.07) is 12.0. The number of hydrogen-bond acceptors (Lipinski definition) is 4. The van der Waals surface area contributed by atoms with Crippen molar-refractivity contribution in [3.05, 3.63) is 52.8 Å². The van der Waals surface area contributed by atoms with E-state index in [-0.39, 0.29) is 11.7 Å². The van der Waals surface area contributed by atoms with Gasteiger partial charge in [-0.25, -0.2) is 4.39 Å². The zero-order valence-corrected chi connectivity index (χ0v) is 16.0. The van der Waals surface area contributed by atoms with Gasteiger partial charge in [0, 0.05) is 28.9 Å². The number of nitrogens with zero attached hydrogens (tertiary/aromatic N) is 1. The van der Waals surface area contributed by atoms with Crippen molar-refractivity contribution in [1.29, 1.82) is 0 Å². The van der Waals surface area contributed by atoms with E-state index >= 15 is 0 Å². The van der Waals surface area contributed by atoms with Crippen molar-refractivity contribution < 1.29 is 18.7 Å². The number of carbonyl (C=O) groups is 1. The molecular weight excluding hydrogens is 403 g/mol. The van der Waals surface area contributed by atoms with Gasteiger partial charge in [-0.1, -0.05) is 15.9 Å². The highest BCUT2D eigenvalue weighted by Crippen LogP contribution is 2.23. The van der Waals surface area contributed by atoms with Gasteiger partial charge in [0.05, 0.1) is 13.2 Å². The van der Waals surface area contributed by atoms with Crippen molar-refractivity contribution in [3.8, 4) is 5.75 Å². The van der Waals surface area contributed by atoms with Crippen LogP contribution in [0.25, 0.3) is 0 Å². The molecule has 1 saturated heterocycles. The van der Waals surface area contributed by atoms with E-state index in [2.05, 4.69) is 26.1 Å². The Labute approximate surface area is 160 Å². The van der Waals surface area contributed by atoms with Gasteiger partial charge in [-0.15, -0.1) is 0 Å². The molecule has 3 rings (SSSR count). The highest BCUT2D eigenvalue weighted by Gasteiger charge is 2.17. The molecule has 0 unspecified atom stereocenters. The highest BCUT2D eigenvalue weighted by atomic mass is 79.9. The maximum Gasteiger partial charge on any atom is 0.265 e. The lowest BCUT2D eigenvalue weighted by Crippen LogP contribution is -2.36. The number of benzene rings is 2. The number of anilines is 2. The topological polar surface area (TPSA) is 50.8 Å². The number of carbonyl (C=O) groups excluding carboxylic acids is 1. The predicted octanol–water partition coefficient (Wildman–Crippen LogP) is 3.83. The summed E-state index contributed by atoms with van der Waals surface area (Å²) < 4.78 is 25.2. The molecule has 1 atom stereocenters. The number of hydrogen-bond donors (Lipinski definition) is 1. The van der Waals surface area contributed by atoms with Gasteiger partial charge >= 0.3 is 0 Å². The number of halogens is 2. The molecule has 1 fully saturated rings. The fourth-order valence-corrected chi connectivity index (χ4v) is 2.97. The summed E-state index contributed by atoms with van der Waals surface area (Å²) >= 11 is 3.18. The quantitative estimate of drug-likeness (QED) is 0.795. The lowest BCUT2D eigenvalue weighted by atomic mass is 10.2. The Morgan fingerprint density at radius 2 is 1.92 bits per heavy atom. The summed E-state index contributed by atoms with van der Waals surface area (Å²) in [4.78, 5) is 14.5. The number of rotatable bonds is 5. The predicted molar refractivity (Wildman–Crippen MR) is 102 cm³/mol. The van der Waals surface area contributed by atoms with Gasteiger partial charge in [-0.05, 0) is 49.4 Å². The van der Waals surface area contributed by atoms with Crippen LogP contribution in [-0.2, 0) is 9.53 Å². The molecule has 2 aromatic rings.